The third-order valence-electron chi connectivity index (χ3n) is 3.72. The molecule has 0 atom stereocenters. The molecule has 17 heavy (non-hydrogen) atoms. The number of hydrogen-bond acceptors (Lipinski definition) is 1. The highest BCUT2D eigenvalue weighted by Gasteiger charge is 2.15. The van der Waals surface area contributed by atoms with Crippen molar-refractivity contribution in [1.82, 2.24) is 10.3 Å². The van der Waals surface area contributed by atoms with Gasteiger partial charge in [-0.2, -0.15) is 0 Å². The van der Waals surface area contributed by atoms with Crippen molar-refractivity contribution in [2.24, 2.45) is 5.92 Å². The molecule has 1 aliphatic rings. The summed E-state index contributed by atoms with van der Waals surface area (Å²) < 4.78 is 1.16. The van der Waals surface area contributed by atoms with Crippen LogP contribution in [0.1, 0.15) is 18.4 Å². The Balaban J connectivity index is 1.87. The maximum Gasteiger partial charge on any atom is 0.0601 e. The fourth-order valence-electron chi connectivity index (χ4n) is 2.74. The van der Waals surface area contributed by atoms with Crippen molar-refractivity contribution >= 4 is 26.8 Å². The van der Waals surface area contributed by atoms with E-state index in [0.29, 0.717) is 0 Å². The molecule has 0 amide bonds. The van der Waals surface area contributed by atoms with Gasteiger partial charge < -0.3 is 10.3 Å². The fraction of sp³-hybridized carbons (Fsp3) is 0.429. The Kier molecular flexibility index (Phi) is 3.21. The number of aromatic nitrogens is 1. The van der Waals surface area contributed by atoms with Gasteiger partial charge in [-0.25, -0.2) is 0 Å². The molecule has 2 nitrogen and oxygen atoms in total. The highest BCUT2D eigenvalue weighted by molar-refractivity contribution is 9.10. The number of halogens is 1. The van der Waals surface area contributed by atoms with E-state index < -0.39 is 0 Å². The van der Waals surface area contributed by atoms with Gasteiger partial charge in [-0.3, -0.25) is 0 Å². The molecule has 0 radical (unpaired) electrons. The topological polar surface area (TPSA) is 27.8 Å². The van der Waals surface area contributed by atoms with Gasteiger partial charge in [-0.1, -0.05) is 12.1 Å². The standard InChI is InChI=1S/C14H17BrN2/c15-13-3-1-2-12-11(9-17-14(12)13)8-10-4-6-16-7-5-10/h1-3,9-10,16-17H,4-8H2. The van der Waals surface area contributed by atoms with Gasteiger partial charge in [0.05, 0.1) is 5.52 Å². The molecule has 1 fully saturated rings. The lowest BCUT2D eigenvalue weighted by atomic mass is 9.91. The number of nitrogens with one attached hydrogen (secondary N) is 2. The third-order valence-corrected chi connectivity index (χ3v) is 4.38. The highest BCUT2D eigenvalue weighted by Crippen LogP contribution is 2.28. The summed E-state index contributed by atoms with van der Waals surface area (Å²) in [6, 6.07) is 6.42. The van der Waals surface area contributed by atoms with Gasteiger partial charge in [0.2, 0.25) is 0 Å². The first-order valence-electron chi connectivity index (χ1n) is 6.30. The SMILES string of the molecule is Brc1cccc2c(CC3CCNCC3)c[nH]c12. The van der Waals surface area contributed by atoms with Gasteiger partial charge in [0.25, 0.3) is 0 Å². The van der Waals surface area contributed by atoms with Crippen LogP contribution in [0.25, 0.3) is 10.9 Å². The lowest BCUT2D eigenvalue weighted by Gasteiger charge is -2.22. The third kappa shape index (κ3) is 2.26. The van der Waals surface area contributed by atoms with Crippen molar-refractivity contribution in [2.75, 3.05) is 13.1 Å². The molecule has 2 aromatic rings. The average Bonchev–Trinajstić information content (AvgIpc) is 2.76. The number of hydrogen-bond donors (Lipinski definition) is 2. The van der Waals surface area contributed by atoms with E-state index in [1.54, 1.807) is 0 Å². The Morgan fingerprint density at radius 2 is 2.06 bits per heavy atom. The molecule has 0 bridgehead atoms. The molecule has 1 aromatic carbocycles. The van der Waals surface area contributed by atoms with Crippen molar-refractivity contribution in [3.05, 3.63) is 34.4 Å². The van der Waals surface area contributed by atoms with Crippen molar-refractivity contribution in [2.45, 2.75) is 19.3 Å². The molecule has 0 aliphatic carbocycles. The number of para-hydroxylation sites is 1. The monoisotopic (exact) mass is 292 g/mol. The van der Waals surface area contributed by atoms with Gasteiger partial charge in [-0.05, 0) is 65.8 Å². The predicted molar refractivity (Wildman–Crippen MR) is 75.3 cm³/mol. The lowest BCUT2D eigenvalue weighted by molar-refractivity contribution is 0.373. The molecule has 1 aromatic heterocycles. The van der Waals surface area contributed by atoms with Crippen LogP contribution in [0.5, 0.6) is 0 Å². The van der Waals surface area contributed by atoms with Gasteiger partial charge in [0, 0.05) is 16.1 Å². The van der Waals surface area contributed by atoms with Crippen LogP contribution in [0.4, 0.5) is 0 Å². The second-order valence-corrected chi connectivity index (χ2v) is 5.73. The van der Waals surface area contributed by atoms with Gasteiger partial charge in [0.1, 0.15) is 0 Å². The fourth-order valence-corrected chi connectivity index (χ4v) is 3.22. The van der Waals surface area contributed by atoms with E-state index in [4.69, 9.17) is 0 Å². The maximum absolute atomic E-state index is 3.59. The normalized spacial score (nSPS) is 17.7. The Morgan fingerprint density at radius 3 is 2.88 bits per heavy atom. The molecule has 2 heterocycles. The molecule has 0 unspecified atom stereocenters. The summed E-state index contributed by atoms with van der Waals surface area (Å²) in [5.41, 5.74) is 2.70. The summed E-state index contributed by atoms with van der Waals surface area (Å²) in [7, 11) is 0. The van der Waals surface area contributed by atoms with Gasteiger partial charge in [-0.15, -0.1) is 0 Å². The Bertz CT molecular complexity index is 512. The van der Waals surface area contributed by atoms with Crippen LogP contribution in [0.3, 0.4) is 0 Å². The minimum absolute atomic E-state index is 0.842. The molecule has 90 valence electrons. The largest absolute Gasteiger partial charge is 0.360 e. The lowest BCUT2D eigenvalue weighted by Crippen LogP contribution is -2.28. The minimum atomic E-state index is 0.842. The van der Waals surface area contributed by atoms with E-state index >= 15 is 0 Å². The molecular formula is C14H17BrN2. The average molecular weight is 293 g/mol. The number of piperidine rings is 1. The zero-order valence-corrected chi connectivity index (χ0v) is 11.4. The molecule has 3 rings (SSSR count). The van der Waals surface area contributed by atoms with Crippen LogP contribution < -0.4 is 5.32 Å². The van der Waals surface area contributed by atoms with E-state index in [-0.39, 0.29) is 0 Å². The zero-order valence-electron chi connectivity index (χ0n) is 9.80. The van der Waals surface area contributed by atoms with E-state index in [2.05, 4.69) is 50.6 Å². The van der Waals surface area contributed by atoms with Crippen LogP contribution in [0.2, 0.25) is 0 Å². The first-order valence-corrected chi connectivity index (χ1v) is 7.09. The quantitative estimate of drug-likeness (QED) is 0.872. The van der Waals surface area contributed by atoms with E-state index in [0.717, 1.165) is 10.4 Å². The maximum atomic E-state index is 3.59. The Morgan fingerprint density at radius 1 is 1.24 bits per heavy atom. The van der Waals surface area contributed by atoms with Crippen LogP contribution in [-0.4, -0.2) is 18.1 Å². The number of rotatable bonds is 2. The summed E-state index contributed by atoms with van der Waals surface area (Å²) in [6.07, 6.45) is 6.00. The van der Waals surface area contributed by atoms with E-state index in [1.165, 1.54) is 48.8 Å². The molecule has 0 spiro atoms. The molecule has 1 aliphatic heterocycles. The summed E-state index contributed by atoms with van der Waals surface area (Å²) >= 11 is 3.59. The summed E-state index contributed by atoms with van der Waals surface area (Å²) in [5.74, 6) is 0.842. The summed E-state index contributed by atoms with van der Waals surface area (Å²) in [6.45, 7) is 2.35. The smallest absolute Gasteiger partial charge is 0.0601 e. The van der Waals surface area contributed by atoms with Crippen LogP contribution in [-0.2, 0) is 6.42 Å². The highest BCUT2D eigenvalue weighted by atomic mass is 79.9. The molecule has 0 saturated carbocycles. The Labute approximate surface area is 110 Å². The second-order valence-electron chi connectivity index (χ2n) is 4.87. The van der Waals surface area contributed by atoms with Gasteiger partial charge >= 0.3 is 0 Å². The molecule has 3 heteroatoms. The number of aromatic amines is 1. The van der Waals surface area contributed by atoms with Crippen molar-refractivity contribution < 1.29 is 0 Å². The second kappa shape index (κ2) is 4.83. The zero-order chi connectivity index (χ0) is 11.7. The van der Waals surface area contributed by atoms with E-state index in [1.807, 2.05) is 0 Å². The summed E-state index contributed by atoms with van der Waals surface area (Å²) in [5, 5.41) is 4.80. The van der Waals surface area contributed by atoms with Crippen molar-refractivity contribution in [1.29, 1.82) is 0 Å². The van der Waals surface area contributed by atoms with Crippen LogP contribution >= 0.6 is 15.9 Å². The summed E-state index contributed by atoms with van der Waals surface area (Å²) in [4.78, 5) is 3.38. The molecular weight excluding hydrogens is 276 g/mol. The van der Waals surface area contributed by atoms with Gasteiger partial charge in [0.15, 0.2) is 0 Å². The number of benzene rings is 1. The van der Waals surface area contributed by atoms with Crippen molar-refractivity contribution in [3.8, 4) is 0 Å². The number of H-pyrrole nitrogens is 1. The first-order chi connectivity index (χ1) is 8.34. The van der Waals surface area contributed by atoms with Crippen LogP contribution in [0, 0.1) is 5.92 Å². The minimum Gasteiger partial charge on any atom is -0.360 e. The van der Waals surface area contributed by atoms with Crippen LogP contribution in [0.15, 0.2) is 28.9 Å². The van der Waals surface area contributed by atoms with E-state index in [9.17, 15) is 0 Å². The van der Waals surface area contributed by atoms with Crippen molar-refractivity contribution in [3.63, 3.8) is 0 Å². The first kappa shape index (κ1) is 11.3. The number of fused-ring (bicyclic) bond motifs is 1. The predicted octanol–water partition coefficient (Wildman–Crippen LogP) is 3.47. The molecule has 1 saturated heterocycles. The molecule has 2 N–H and O–H groups in total. The Hall–Kier alpha value is -0.800.